The number of ketones is 1. The fourth-order valence-electron chi connectivity index (χ4n) is 2.69. The van der Waals surface area contributed by atoms with Gasteiger partial charge in [-0.2, -0.15) is 0 Å². The van der Waals surface area contributed by atoms with Crippen LogP contribution < -0.4 is 18.9 Å². The minimum atomic E-state index is -0.287. The summed E-state index contributed by atoms with van der Waals surface area (Å²) in [6.07, 6.45) is 3.00. The lowest BCUT2D eigenvalue weighted by atomic mass is 10.1. The highest BCUT2D eigenvalue weighted by atomic mass is 16.5. The van der Waals surface area contributed by atoms with Crippen molar-refractivity contribution in [2.75, 3.05) is 48.6 Å². The minimum Gasteiger partial charge on any atom is -0.508 e. The quantitative estimate of drug-likeness (QED) is 0.484. The first kappa shape index (κ1) is 22.1. The maximum Gasteiger partial charge on any atom is 0.204 e. The Labute approximate surface area is 171 Å². The van der Waals surface area contributed by atoms with Gasteiger partial charge in [0.2, 0.25) is 5.75 Å². The van der Waals surface area contributed by atoms with Crippen molar-refractivity contribution in [2.24, 2.45) is 0 Å². The molecule has 0 spiro atoms. The Morgan fingerprint density at radius 2 is 1.69 bits per heavy atom. The molecule has 0 aliphatic carbocycles. The third-order valence-electron chi connectivity index (χ3n) is 4.17. The summed E-state index contributed by atoms with van der Waals surface area (Å²) in [5, 5.41) is 9.81. The average Bonchev–Trinajstić information content (AvgIpc) is 2.71. The van der Waals surface area contributed by atoms with Gasteiger partial charge in [0.15, 0.2) is 17.3 Å². The highest BCUT2D eigenvalue weighted by Gasteiger charge is 2.19. The summed E-state index contributed by atoms with van der Waals surface area (Å²) in [7, 11) is 8.36. The van der Waals surface area contributed by atoms with Crippen molar-refractivity contribution < 1.29 is 28.8 Å². The predicted molar refractivity (Wildman–Crippen MR) is 112 cm³/mol. The van der Waals surface area contributed by atoms with Crippen molar-refractivity contribution in [2.45, 2.75) is 0 Å². The topological polar surface area (TPSA) is 77.5 Å². The summed E-state index contributed by atoms with van der Waals surface area (Å²) in [4.78, 5) is 14.8. The Bertz CT molecular complexity index is 876. The highest BCUT2D eigenvalue weighted by Crippen LogP contribution is 2.40. The maximum atomic E-state index is 12.8. The number of ether oxygens (including phenoxy) is 4. The van der Waals surface area contributed by atoms with Crippen LogP contribution in [0.15, 0.2) is 36.4 Å². The number of aromatic hydroxyl groups is 1. The smallest absolute Gasteiger partial charge is 0.204 e. The molecule has 0 atom stereocenters. The lowest BCUT2D eigenvalue weighted by Gasteiger charge is -2.14. The van der Waals surface area contributed by atoms with E-state index in [0.29, 0.717) is 40.7 Å². The van der Waals surface area contributed by atoms with Crippen LogP contribution in [0.1, 0.15) is 15.9 Å². The number of rotatable bonds is 10. The summed E-state index contributed by atoms with van der Waals surface area (Å²) in [5.74, 6) is 1.48. The van der Waals surface area contributed by atoms with Gasteiger partial charge in [-0.1, -0.05) is 0 Å². The van der Waals surface area contributed by atoms with Crippen LogP contribution in [0.25, 0.3) is 6.08 Å². The van der Waals surface area contributed by atoms with Crippen LogP contribution in [0.3, 0.4) is 0 Å². The van der Waals surface area contributed by atoms with Crippen LogP contribution in [0, 0.1) is 0 Å². The van der Waals surface area contributed by atoms with Gasteiger partial charge in [-0.05, 0) is 56.6 Å². The van der Waals surface area contributed by atoms with Gasteiger partial charge in [0, 0.05) is 12.1 Å². The molecule has 2 aromatic rings. The van der Waals surface area contributed by atoms with Crippen LogP contribution in [-0.4, -0.2) is 64.4 Å². The van der Waals surface area contributed by atoms with E-state index in [4.69, 9.17) is 18.9 Å². The maximum absolute atomic E-state index is 12.8. The molecule has 0 unspecified atom stereocenters. The number of hydrogen-bond donors (Lipinski definition) is 1. The molecule has 7 heteroatoms. The van der Waals surface area contributed by atoms with Crippen LogP contribution in [0.2, 0.25) is 0 Å². The Hall–Kier alpha value is -3.19. The molecule has 0 saturated carbocycles. The molecule has 7 nitrogen and oxygen atoms in total. The van der Waals surface area contributed by atoms with Crippen LogP contribution >= 0.6 is 0 Å². The molecular formula is C22H27NO6. The van der Waals surface area contributed by atoms with Gasteiger partial charge in [0.25, 0.3) is 0 Å². The Kier molecular flexibility index (Phi) is 7.91. The molecule has 0 bridgehead atoms. The molecule has 0 heterocycles. The van der Waals surface area contributed by atoms with Gasteiger partial charge >= 0.3 is 0 Å². The van der Waals surface area contributed by atoms with E-state index in [9.17, 15) is 9.90 Å². The van der Waals surface area contributed by atoms with Crippen molar-refractivity contribution in [1.29, 1.82) is 0 Å². The van der Waals surface area contributed by atoms with Crippen molar-refractivity contribution in [3.05, 3.63) is 47.5 Å². The zero-order chi connectivity index (χ0) is 21.4. The van der Waals surface area contributed by atoms with E-state index in [-0.39, 0.29) is 11.5 Å². The highest BCUT2D eigenvalue weighted by molar-refractivity contribution is 6.09. The molecule has 2 rings (SSSR count). The zero-order valence-electron chi connectivity index (χ0n) is 17.4. The van der Waals surface area contributed by atoms with Crippen molar-refractivity contribution in [3.63, 3.8) is 0 Å². The Morgan fingerprint density at radius 3 is 2.31 bits per heavy atom. The van der Waals surface area contributed by atoms with E-state index < -0.39 is 0 Å². The normalized spacial score (nSPS) is 11.0. The molecule has 0 aliphatic heterocycles. The van der Waals surface area contributed by atoms with Crippen molar-refractivity contribution >= 4 is 11.9 Å². The van der Waals surface area contributed by atoms with Crippen LogP contribution in [0.5, 0.6) is 28.7 Å². The van der Waals surface area contributed by atoms with E-state index in [0.717, 1.165) is 6.54 Å². The largest absolute Gasteiger partial charge is 0.508 e. The molecule has 156 valence electrons. The van der Waals surface area contributed by atoms with Gasteiger partial charge in [-0.15, -0.1) is 0 Å². The predicted octanol–water partition coefficient (Wildman–Crippen LogP) is 3.25. The third-order valence-corrected chi connectivity index (χ3v) is 4.17. The number of carbonyl (C=O) groups excluding carboxylic acids is 1. The zero-order valence-corrected chi connectivity index (χ0v) is 17.4. The number of carbonyl (C=O) groups is 1. The van der Waals surface area contributed by atoms with Gasteiger partial charge in [0.05, 0.1) is 26.9 Å². The SMILES string of the molecule is COc1ccc(C(=O)C=Cc2cc(O)ccc2OCCN(C)C)c(OC)c1OC. The molecule has 0 aliphatic rings. The second-order valence-corrected chi connectivity index (χ2v) is 6.45. The summed E-state index contributed by atoms with van der Waals surface area (Å²) >= 11 is 0. The average molecular weight is 401 g/mol. The number of methoxy groups -OCH3 is 3. The third kappa shape index (κ3) is 5.65. The number of benzene rings is 2. The van der Waals surface area contributed by atoms with E-state index in [1.807, 2.05) is 19.0 Å². The van der Waals surface area contributed by atoms with Gasteiger partial charge in [-0.3, -0.25) is 4.79 Å². The lowest BCUT2D eigenvalue weighted by Crippen LogP contribution is -2.19. The first-order chi connectivity index (χ1) is 13.9. The van der Waals surface area contributed by atoms with E-state index >= 15 is 0 Å². The fourth-order valence-corrected chi connectivity index (χ4v) is 2.69. The van der Waals surface area contributed by atoms with E-state index in [2.05, 4.69) is 0 Å². The first-order valence-corrected chi connectivity index (χ1v) is 9.03. The summed E-state index contributed by atoms with van der Waals surface area (Å²) in [6.45, 7) is 1.22. The minimum absolute atomic E-state index is 0.0840. The number of nitrogens with zero attached hydrogens (tertiary/aromatic N) is 1. The molecule has 1 N–H and O–H groups in total. The van der Waals surface area contributed by atoms with Crippen molar-refractivity contribution in [3.8, 4) is 28.7 Å². The monoisotopic (exact) mass is 401 g/mol. The number of phenolic OH excluding ortho intramolecular Hbond substituents is 1. The number of hydrogen-bond acceptors (Lipinski definition) is 7. The van der Waals surface area contributed by atoms with E-state index in [1.54, 1.807) is 36.4 Å². The van der Waals surface area contributed by atoms with Crippen LogP contribution in [0.4, 0.5) is 0 Å². The second kappa shape index (κ2) is 10.4. The first-order valence-electron chi connectivity index (χ1n) is 9.03. The van der Waals surface area contributed by atoms with Crippen molar-refractivity contribution in [1.82, 2.24) is 4.90 Å². The lowest BCUT2D eigenvalue weighted by molar-refractivity contribution is 0.104. The standard InChI is InChI=1S/C22H27NO6/c1-23(2)12-13-29-19-10-7-16(24)14-15(19)6-9-18(25)17-8-11-20(26-3)22(28-5)21(17)27-4/h6-11,14,24H,12-13H2,1-5H3. The van der Waals surface area contributed by atoms with E-state index in [1.165, 1.54) is 27.4 Å². The number of phenols is 1. The molecule has 0 fully saturated rings. The molecular weight excluding hydrogens is 374 g/mol. The Morgan fingerprint density at radius 1 is 1.00 bits per heavy atom. The van der Waals surface area contributed by atoms with Gasteiger partial charge in [-0.25, -0.2) is 0 Å². The number of likely N-dealkylation sites (N-methyl/N-ethyl adjacent to an activating group) is 1. The summed E-state index contributed by atoms with van der Waals surface area (Å²) in [5.41, 5.74) is 0.924. The molecule has 0 aromatic heterocycles. The fraction of sp³-hybridized carbons (Fsp3) is 0.318. The molecule has 0 saturated heterocycles. The summed E-state index contributed by atoms with van der Waals surface area (Å²) in [6, 6.07) is 8.02. The Balaban J connectivity index is 2.30. The second-order valence-electron chi connectivity index (χ2n) is 6.45. The van der Waals surface area contributed by atoms with Gasteiger partial charge < -0.3 is 29.0 Å². The molecule has 2 aromatic carbocycles. The molecule has 29 heavy (non-hydrogen) atoms. The number of allylic oxidation sites excluding steroid dienone is 1. The van der Waals surface area contributed by atoms with Gasteiger partial charge in [0.1, 0.15) is 18.1 Å². The summed E-state index contributed by atoms with van der Waals surface area (Å²) < 4.78 is 21.7. The molecule has 0 radical (unpaired) electrons. The molecule has 0 amide bonds. The van der Waals surface area contributed by atoms with Crippen LogP contribution in [-0.2, 0) is 0 Å².